The lowest BCUT2D eigenvalue weighted by Gasteiger charge is -2.25. The summed E-state index contributed by atoms with van der Waals surface area (Å²) in [6, 6.07) is 7.02. The Labute approximate surface area is 209 Å². The zero-order chi connectivity index (χ0) is 24.9. The summed E-state index contributed by atoms with van der Waals surface area (Å²) in [5.74, 6) is 0.400. The molecule has 0 saturated heterocycles. The van der Waals surface area contributed by atoms with E-state index in [-0.39, 0.29) is 12.6 Å². The van der Waals surface area contributed by atoms with Crippen molar-refractivity contribution in [3.05, 3.63) is 42.0 Å². The van der Waals surface area contributed by atoms with Gasteiger partial charge in [-0.25, -0.2) is 4.79 Å². The maximum atomic E-state index is 12.2. The van der Waals surface area contributed by atoms with Crippen LogP contribution in [0.2, 0.25) is 0 Å². The van der Waals surface area contributed by atoms with Gasteiger partial charge in [0.25, 0.3) is 0 Å². The van der Waals surface area contributed by atoms with Gasteiger partial charge in [-0.2, -0.15) is 0 Å². The number of benzene rings is 1. The highest BCUT2D eigenvalue weighted by molar-refractivity contribution is 5.89. The van der Waals surface area contributed by atoms with Crippen molar-refractivity contribution in [3.8, 4) is 5.75 Å². The summed E-state index contributed by atoms with van der Waals surface area (Å²) in [5.41, 5.74) is 0.0950. The van der Waals surface area contributed by atoms with E-state index in [4.69, 9.17) is 14.6 Å². The fourth-order valence-electron chi connectivity index (χ4n) is 3.90. The van der Waals surface area contributed by atoms with Crippen LogP contribution in [0.5, 0.6) is 5.75 Å². The third-order valence-corrected chi connectivity index (χ3v) is 6.09. The van der Waals surface area contributed by atoms with Crippen LogP contribution in [0, 0.1) is 0 Å². The summed E-state index contributed by atoms with van der Waals surface area (Å²) in [7, 11) is 0. The number of rotatable bonds is 21. The number of esters is 1. The van der Waals surface area contributed by atoms with Gasteiger partial charge < -0.3 is 14.6 Å². The maximum Gasteiger partial charge on any atom is 0.338 e. The van der Waals surface area contributed by atoms with Gasteiger partial charge >= 0.3 is 5.97 Å². The molecule has 194 valence electrons. The van der Waals surface area contributed by atoms with E-state index >= 15 is 0 Å². The predicted octanol–water partition coefficient (Wildman–Crippen LogP) is 8.42. The molecule has 0 aliphatic heterocycles. The summed E-state index contributed by atoms with van der Waals surface area (Å²) in [6.07, 6.45) is 23.0. The second-order valence-corrected chi connectivity index (χ2v) is 9.93. The van der Waals surface area contributed by atoms with Gasteiger partial charge in [0.2, 0.25) is 0 Å². The number of unbranched alkanes of at least 4 members (excludes halogenated alkanes) is 12. The molecule has 34 heavy (non-hydrogen) atoms. The number of allylic oxidation sites excluding steroid dienone is 2. The summed E-state index contributed by atoms with van der Waals surface area (Å²) in [6.45, 7) is 6.68. The Morgan fingerprint density at radius 2 is 1.35 bits per heavy atom. The largest absolute Gasteiger partial charge is 0.488 e. The number of hydrogen-bond donors (Lipinski definition) is 1. The van der Waals surface area contributed by atoms with Crippen LogP contribution < -0.4 is 4.74 Å². The minimum absolute atomic E-state index is 0.0775. The van der Waals surface area contributed by atoms with Crippen molar-refractivity contribution < 1.29 is 19.4 Å². The van der Waals surface area contributed by atoms with Crippen molar-refractivity contribution in [1.82, 2.24) is 0 Å². The second-order valence-electron chi connectivity index (χ2n) is 9.93. The number of ether oxygens (including phenoxy) is 2. The molecule has 0 radical (unpaired) electrons. The molecule has 1 N–H and O–H groups in total. The Balaban J connectivity index is 1.99. The number of carbonyl (C=O) groups is 1. The Morgan fingerprint density at radius 1 is 0.824 bits per heavy atom. The molecule has 0 saturated carbocycles. The molecule has 0 aliphatic rings. The minimum Gasteiger partial charge on any atom is -0.488 e. The van der Waals surface area contributed by atoms with Crippen molar-refractivity contribution in [2.45, 2.75) is 123 Å². The molecule has 0 aliphatic carbocycles. The number of aliphatic hydroxyl groups excluding tert-OH is 1. The molecule has 0 aromatic heterocycles. The Kier molecular flexibility index (Phi) is 17.3. The van der Waals surface area contributed by atoms with E-state index in [1.807, 2.05) is 13.8 Å². The molecule has 0 spiro atoms. The van der Waals surface area contributed by atoms with Gasteiger partial charge in [-0.15, -0.1) is 0 Å². The van der Waals surface area contributed by atoms with E-state index < -0.39 is 5.60 Å². The van der Waals surface area contributed by atoms with E-state index in [9.17, 15) is 4.79 Å². The second kappa shape index (κ2) is 19.5. The van der Waals surface area contributed by atoms with Gasteiger partial charge in [0.1, 0.15) is 11.4 Å². The van der Waals surface area contributed by atoms with E-state index in [0.29, 0.717) is 24.3 Å². The Morgan fingerprint density at radius 3 is 1.91 bits per heavy atom. The molecular weight excluding hydrogens is 424 g/mol. The molecule has 0 bridgehead atoms. The Hall–Kier alpha value is -1.81. The first-order chi connectivity index (χ1) is 16.5. The van der Waals surface area contributed by atoms with Gasteiger partial charge in [0.15, 0.2) is 0 Å². The Bertz CT molecular complexity index is 648. The topological polar surface area (TPSA) is 55.8 Å². The van der Waals surface area contributed by atoms with Crippen molar-refractivity contribution >= 4 is 5.97 Å². The van der Waals surface area contributed by atoms with Crippen molar-refractivity contribution in [2.75, 3.05) is 13.2 Å². The molecular formula is C30H50O4. The van der Waals surface area contributed by atoms with Crippen LogP contribution >= 0.6 is 0 Å². The summed E-state index contributed by atoms with van der Waals surface area (Å²) < 4.78 is 11.3. The zero-order valence-electron chi connectivity index (χ0n) is 22.2. The standard InChI is InChI=1S/C30H50O4/c1-4-5-6-7-8-9-10-11-12-13-14-15-16-17-18-19-26-33-29(32)27-20-22-28(23-21-27)34-30(2,3)24-25-31/h11-12,20-23,31H,4-10,13-19,24-26H2,1-3H3/b12-11-. The van der Waals surface area contributed by atoms with Crippen LogP contribution in [0.15, 0.2) is 36.4 Å². The summed E-state index contributed by atoms with van der Waals surface area (Å²) in [4.78, 5) is 12.2. The van der Waals surface area contributed by atoms with Crippen LogP contribution in [-0.4, -0.2) is 29.9 Å². The summed E-state index contributed by atoms with van der Waals surface area (Å²) in [5, 5.41) is 9.10. The van der Waals surface area contributed by atoms with Gasteiger partial charge in [-0.3, -0.25) is 0 Å². The predicted molar refractivity (Wildman–Crippen MR) is 143 cm³/mol. The molecule has 1 aromatic rings. The van der Waals surface area contributed by atoms with Crippen LogP contribution in [0.1, 0.15) is 127 Å². The van der Waals surface area contributed by atoms with E-state index in [1.54, 1.807) is 24.3 Å². The van der Waals surface area contributed by atoms with Gasteiger partial charge in [-0.05, 0) is 70.2 Å². The number of aliphatic hydroxyl groups is 1. The molecule has 1 rings (SSSR count). The van der Waals surface area contributed by atoms with E-state index in [1.165, 1.54) is 77.0 Å². The van der Waals surface area contributed by atoms with Gasteiger partial charge in [0, 0.05) is 13.0 Å². The third kappa shape index (κ3) is 15.9. The SMILES string of the molecule is CCCCCCCC/C=C\CCCCCCCCOC(=O)c1ccc(OC(C)(C)CCO)cc1. The average Bonchev–Trinajstić information content (AvgIpc) is 2.81. The molecule has 0 fully saturated rings. The lowest BCUT2D eigenvalue weighted by molar-refractivity contribution is 0.0497. The number of hydrogen-bond acceptors (Lipinski definition) is 4. The van der Waals surface area contributed by atoms with Crippen LogP contribution in [0.4, 0.5) is 0 Å². The highest BCUT2D eigenvalue weighted by Crippen LogP contribution is 2.21. The fraction of sp³-hybridized carbons (Fsp3) is 0.700. The van der Waals surface area contributed by atoms with E-state index in [0.717, 1.165) is 12.8 Å². The highest BCUT2D eigenvalue weighted by Gasteiger charge is 2.19. The van der Waals surface area contributed by atoms with Crippen LogP contribution in [0.25, 0.3) is 0 Å². The van der Waals surface area contributed by atoms with Gasteiger partial charge in [0.05, 0.1) is 12.2 Å². The monoisotopic (exact) mass is 474 g/mol. The number of carbonyl (C=O) groups excluding carboxylic acids is 1. The average molecular weight is 475 g/mol. The van der Waals surface area contributed by atoms with Crippen LogP contribution in [-0.2, 0) is 4.74 Å². The smallest absolute Gasteiger partial charge is 0.338 e. The fourth-order valence-corrected chi connectivity index (χ4v) is 3.90. The molecule has 1 aromatic carbocycles. The third-order valence-electron chi connectivity index (χ3n) is 6.09. The van der Waals surface area contributed by atoms with Crippen LogP contribution in [0.3, 0.4) is 0 Å². The maximum absolute atomic E-state index is 12.2. The lowest BCUT2D eigenvalue weighted by atomic mass is 10.1. The molecule has 0 amide bonds. The molecule has 0 unspecified atom stereocenters. The quantitative estimate of drug-likeness (QED) is 0.110. The highest BCUT2D eigenvalue weighted by atomic mass is 16.5. The molecule has 4 heteroatoms. The normalized spacial score (nSPS) is 11.8. The van der Waals surface area contributed by atoms with Crippen molar-refractivity contribution in [1.29, 1.82) is 0 Å². The first-order valence-corrected chi connectivity index (χ1v) is 13.7. The molecule has 4 nitrogen and oxygen atoms in total. The molecule has 0 heterocycles. The lowest BCUT2D eigenvalue weighted by Crippen LogP contribution is -2.29. The van der Waals surface area contributed by atoms with Gasteiger partial charge in [-0.1, -0.05) is 76.9 Å². The summed E-state index contributed by atoms with van der Waals surface area (Å²) >= 11 is 0. The first kappa shape index (κ1) is 30.2. The van der Waals surface area contributed by atoms with E-state index in [2.05, 4.69) is 19.1 Å². The van der Waals surface area contributed by atoms with Crippen molar-refractivity contribution in [2.24, 2.45) is 0 Å². The minimum atomic E-state index is -0.444. The zero-order valence-corrected chi connectivity index (χ0v) is 22.2. The first-order valence-electron chi connectivity index (χ1n) is 13.7. The van der Waals surface area contributed by atoms with Crippen molar-refractivity contribution in [3.63, 3.8) is 0 Å². The molecule has 0 atom stereocenters.